The molecular weight excluding hydrogens is 356 g/mol. The predicted octanol–water partition coefficient (Wildman–Crippen LogP) is 1.63. The fraction of sp³-hybridized carbons (Fsp3) is 0.556. The van der Waals surface area contributed by atoms with Gasteiger partial charge in [0.25, 0.3) is 0 Å². The fourth-order valence-corrected chi connectivity index (χ4v) is 3.90. The zero-order valence-corrected chi connectivity index (χ0v) is 16.0. The number of amides is 1. The van der Waals surface area contributed by atoms with Gasteiger partial charge < -0.3 is 10.0 Å². The number of carbonyl (C=O) groups excluding carboxylic acids is 1. The van der Waals surface area contributed by atoms with Gasteiger partial charge in [0, 0.05) is 19.0 Å². The monoisotopic (exact) mass is 382 g/mol. The van der Waals surface area contributed by atoms with E-state index in [0.29, 0.717) is 13.0 Å². The van der Waals surface area contributed by atoms with Crippen LogP contribution in [-0.2, 0) is 26.0 Å². The number of carboxylic acid groups (broad SMARTS) is 1. The molecule has 8 heteroatoms. The van der Waals surface area contributed by atoms with E-state index in [1.807, 2.05) is 13.8 Å². The average Bonchev–Trinajstić information content (AvgIpc) is 3.34. The SMILES string of the molecule is CC(C)CN(CC(=O)O)C(=O)CCc1ccc(S(=O)(=O)NC2CC2)cc1. The minimum atomic E-state index is -3.48. The number of nitrogens with zero attached hydrogens (tertiary/aromatic N) is 1. The standard InChI is InChI=1S/C18H26N2O5S/c1-13(2)11-20(12-18(22)23)17(21)10-5-14-3-8-16(9-4-14)26(24,25)19-15-6-7-15/h3-4,8-9,13,15,19H,5-7,10-12H2,1-2H3,(H,22,23). The highest BCUT2D eigenvalue weighted by Gasteiger charge is 2.27. The Labute approximate surface area is 154 Å². The summed E-state index contributed by atoms with van der Waals surface area (Å²) < 4.78 is 26.9. The maximum atomic E-state index is 12.3. The van der Waals surface area contributed by atoms with Gasteiger partial charge in [-0.15, -0.1) is 0 Å². The van der Waals surface area contributed by atoms with E-state index >= 15 is 0 Å². The number of carboxylic acids is 1. The van der Waals surface area contributed by atoms with Crippen molar-refractivity contribution < 1.29 is 23.1 Å². The third-order valence-electron chi connectivity index (χ3n) is 4.02. The molecule has 7 nitrogen and oxygen atoms in total. The highest BCUT2D eigenvalue weighted by atomic mass is 32.2. The molecule has 0 radical (unpaired) electrons. The van der Waals surface area contributed by atoms with Gasteiger partial charge in [-0.25, -0.2) is 13.1 Å². The van der Waals surface area contributed by atoms with E-state index < -0.39 is 16.0 Å². The quantitative estimate of drug-likeness (QED) is 0.640. The smallest absolute Gasteiger partial charge is 0.323 e. The second-order valence-corrected chi connectivity index (χ2v) is 8.82. The largest absolute Gasteiger partial charge is 0.480 e. The Morgan fingerprint density at radius 1 is 1.23 bits per heavy atom. The van der Waals surface area contributed by atoms with Crippen molar-refractivity contribution in [1.29, 1.82) is 0 Å². The fourth-order valence-electron chi connectivity index (χ4n) is 2.59. The number of nitrogens with one attached hydrogen (secondary N) is 1. The van der Waals surface area contributed by atoms with Crippen LogP contribution in [0, 0.1) is 5.92 Å². The number of sulfonamides is 1. The number of rotatable bonds is 10. The van der Waals surface area contributed by atoms with Gasteiger partial charge in [0.15, 0.2) is 0 Å². The first-order valence-corrected chi connectivity index (χ1v) is 10.3. The summed E-state index contributed by atoms with van der Waals surface area (Å²) in [6, 6.07) is 6.51. The van der Waals surface area contributed by atoms with Gasteiger partial charge in [0.2, 0.25) is 15.9 Å². The molecule has 0 heterocycles. The second-order valence-electron chi connectivity index (χ2n) is 7.10. The zero-order chi connectivity index (χ0) is 19.3. The molecule has 1 aromatic carbocycles. The molecule has 1 aromatic rings. The van der Waals surface area contributed by atoms with E-state index in [1.165, 1.54) is 17.0 Å². The lowest BCUT2D eigenvalue weighted by Gasteiger charge is -2.22. The molecule has 0 atom stereocenters. The molecule has 1 amide bonds. The van der Waals surface area contributed by atoms with Gasteiger partial charge in [0.1, 0.15) is 6.54 Å². The summed E-state index contributed by atoms with van der Waals surface area (Å²) >= 11 is 0. The van der Waals surface area contributed by atoms with Gasteiger partial charge in [-0.3, -0.25) is 9.59 Å². The summed E-state index contributed by atoms with van der Waals surface area (Å²) in [5.41, 5.74) is 0.837. The molecule has 2 N–H and O–H groups in total. The summed E-state index contributed by atoms with van der Waals surface area (Å²) in [6.45, 7) is 3.95. The number of benzene rings is 1. The van der Waals surface area contributed by atoms with Crippen LogP contribution in [0.5, 0.6) is 0 Å². The van der Waals surface area contributed by atoms with Gasteiger partial charge >= 0.3 is 5.97 Å². The number of hydrogen-bond donors (Lipinski definition) is 2. The van der Waals surface area contributed by atoms with E-state index in [9.17, 15) is 18.0 Å². The maximum absolute atomic E-state index is 12.3. The minimum Gasteiger partial charge on any atom is -0.480 e. The third-order valence-corrected chi connectivity index (χ3v) is 5.56. The van der Waals surface area contributed by atoms with Crippen molar-refractivity contribution in [3.8, 4) is 0 Å². The second kappa shape index (κ2) is 8.64. The third kappa shape index (κ3) is 6.42. The molecule has 0 spiro atoms. The summed E-state index contributed by atoms with van der Waals surface area (Å²) in [4.78, 5) is 24.8. The average molecular weight is 382 g/mol. The Hall–Kier alpha value is -1.93. The van der Waals surface area contributed by atoms with E-state index in [-0.39, 0.29) is 35.7 Å². The van der Waals surface area contributed by atoms with Crippen LogP contribution in [0.25, 0.3) is 0 Å². The first kappa shape index (κ1) is 20.4. The van der Waals surface area contributed by atoms with Crippen molar-refractivity contribution in [2.24, 2.45) is 5.92 Å². The van der Waals surface area contributed by atoms with Crippen LogP contribution in [0.4, 0.5) is 0 Å². The Morgan fingerprint density at radius 3 is 2.35 bits per heavy atom. The molecule has 1 aliphatic rings. The Balaban J connectivity index is 1.93. The topological polar surface area (TPSA) is 104 Å². The summed E-state index contributed by atoms with van der Waals surface area (Å²) in [6.07, 6.45) is 2.38. The first-order chi connectivity index (χ1) is 12.2. The van der Waals surface area contributed by atoms with Crippen molar-refractivity contribution in [3.05, 3.63) is 29.8 Å². The molecule has 1 aliphatic carbocycles. The molecule has 144 valence electrons. The molecule has 1 saturated carbocycles. The molecule has 0 aliphatic heterocycles. The molecule has 0 bridgehead atoms. The molecule has 0 unspecified atom stereocenters. The van der Waals surface area contributed by atoms with Crippen molar-refractivity contribution in [1.82, 2.24) is 9.62 Å². The lowest BCUT2D eigenvalue weighted by Crippen LogP contribution is -2.38. The van der Waals surface area contributed by atoms with E-state index in [1.54, 1.807) is 12.1 Å². The van der Waals surface area contributed by atoms with E-state index in [4.69, 9.17) is 5.11 Å². The Kier molecular flexibility index (Phi) is 6.77. The van der Waals surface area contributed by atoms with E-state index in [2.05, 4.69) is 4.72 Å². The lowest BCUT2D eigenvalue weighted by molar-refractivity contribution is -0.144. The number of hydrogen-bond acceptors (Lipinski definition) is 4. The van der Waals surface area contributed by atoms with Crippen molar-refractivity contribution >= 4 is 21.9 Å². The highest BCUT2D eigenvalue weighted by Crippen LogP contribution is 2.22. The molecule has 0 saturated heterocycles. The Morgan fingerprint density at radius 2 is 1.85 bits per heavy atom. The first-order valence-electron chi connectivity index (χ1n) is 8.78. The van der Waals surface area contributed by atoms with Crippen LogP contribution in [0.2, 0.25) is 0 Å². The van der Waals surface area contributed by atoms with Crippen molar-refractivity contribution in [2.75, 3.05) is 13.1 Å². The minimum absolute atomic E-state index is 0.0541. The molecule has 26 heavy (non-hydrogen) atoms. The van der Waals surface area contributed by atoms with Crippen LogP contribution >= 0.6 is 0 Å². The van der Waals surface area contributed by atoms with Crippen molar-refractivity contribution in [3.63, 3.8) is 0 Å². The van der Waals surface area contributed by atoms with Crippen molar-refractivity contribution in [2.45, 2.75) is 50.5 Å². The highest BCUT2D eigenvalue weighted by molar-refractivity contribution is 7.89. The lowest BCUT2D eigenvalue weighted by atomic mass is 10.1. The van der Waals surface area contributed by atoms with Crippen LogP contribution in [-0.4, -0.2) is 49.4 Å². The van der Waals surface area contributed by atoms with Gasteiger partial charge in [-0.2, -0.15) is 0 Å². The summed E-state index contributed by atoms with van der Waals surface area (Å²) in [7, 11) is -3.48. The summed E-state index contributed by atoms with van der Waals surface area (Å²) in [5, 5.41) is 8.95. The Bertz CT molecular complexity index is 739. The molecule has 0 aromatic heterocycles. The van der Waals surface area contributed by atoms with Gasteiger partial charge in [-0.05, 0) is 42.9 Å². The van der Waals surface area contributed by atoms with Crippen LogP contribution < -0.4 is 4.72 Å². The molecule has 1 fully saturated rings. The van der Waals surface area contributed by atoms with E-state index in [0.717, 1.165) is 18.4 Å². The molecule has 2 rings (SSSR count). The normalized spacial score (nSPS) is 14.4. The maximum Gasteiger partial charge on any atom is 0.323 e. The zero-order valence-electron chi connectivity index (χ0n) is 15.1. The van der Waals surface area contributed by atoms with Crippen LogP contribution in [0.15, 0.2) is 29.2 Å². The molecular formula is C18H26N2O5S. The number of aliphatic carboxylic acids is 1. The van der Waals surface area contributed by atoms with Gasteiger partial charge in [-0.1, -0.05) is 26.0 Å². The number of carbonyl (C=O) groups is 2. The predicted molar refractivity (Wildman–Crippen MR) is 97.2 cm³/mol. The van der Waals surface area contributed by atoms with Gasteiger partial charge in [0.05, 0.1) is 4.90 Å². The van der Waals surface area contributed by atoms with Crippen LogP contribution in [0.1, 0.15) is 38.7 Å². The van der Waals surface area contributed by atoms with Crippen LogP contribution in [0.3, 0.4) is 0 Å². The number of aryl methyl sites for hydroxylation is 1. The summed E-state index contributed by atoms with van der Waals surface area (Å²) in [5.74, 6) is -1.06.